The normalized spacial score (nSPS) is 37.6. The van der Waals surface area contributed by atoms with E-state index in [9.17, 15) is 19.8 Å². The summed E-state index contributed by atoms with van der Waals surface area (Å²) in [5, 5.41) is 27.5. The number of fused-ring (bicyclic) bond motifs is 5. The highest BCUT2D eigenvalue weighted by Crippen LogP contribution is 2.67. The van der Waals surface area contributed by atoms with Gasteiger partial charge in [0.2, 0.25) is 0 Å². The minimum absolute atomic E-state index is 0.0991. The zero-order valence-corrected chi connectivity index (χ0v) is 22.3. The monoisotopic (exact) mass is 518 g/mol. The first-order chi connectivity index (χ1) is 18.1. The number of terminal acetylenes is 1. The Morgan fingerprint density at radius 1 is 1.13 bits per heavy atom. The lowest BCUT2D eigenvalue weighted by Gasteiger charge is -2.58. The maximum Gasteiger partial charge on any atom is 0.330 e. The van der Waals surface area contributed by atoms with Crippen LogP contribution >= 0.6 is 0 Å². The molecule has 38 heavy (non-hydrogen) atoms. The van der Waals surface area contributed by atoms with Gasteiger partial charge in [0.25, 0.3) is 5.91 Å². The van der Waals surface area contributed by atoms with Gasteiger partial charge in [-0.1, -0.05) is 60.8 Å². The second kappa shape index (κ2) is 9.89. The van der Waals surface area contributed by atoms with Crippen LogP contribution in [0.3, 0.4) is 0 Å². The van der Waals surface area contributed by atoms with E-state index in [1.807, 2.05) is 0 Å². The first-order valence-corrected chi connectivity index (χ1v) is 13.8. The molecule has 7 atom stereocenters. The van der Waals surface area contributed by atoms with Crippen LogP contribution in [0.5, 0.6) is 0 Å². The summed E-state index contributed by atoms with van der Waals surface area (Å²) in [6.45, 7) is 4.26. The largest absolute Gasteiger partial charge is 0.479 e. The number of oxime groups is 1. The van der Waals surface area contributed by atoms with Crippen molar-refractivity contribution in [2.45, 2.75) is 76.9 Å². The number of carbonyl (C=O) groups is 2. The first-order valence-electron chi connectivity index (χ1n) is 13.8. The molecule has 0 aromatic heterocycles. The molecule has 7 nitrogen and oxygen atoms in total. The van der Waals surface area contributed by atoms with Crippen molar-refractivity contribution in [2.24, 2.45) is 33.7 Å². The van der Waals surface area contributed by atoms with Crippen molar-refractivity contribution in [1.82, 2.24) is 5.32 Å². The van der Waals surface area contributed by atoms with Crippen molar-refractivity contribution >= 4 is 17.6 Å². The predicted octanol–water partition coefficient (Wildman–Crippen LogP) is 4.63. The molecule has 1 amide bonds. The second-order valence-electron chi connectivity index (χ2n) is 12.1. The van der Waals surface area contributed by atoms with Crippen molar-refractivity contribution in [3.63, 3.8) is 0 Å². The summed E-state index contributed by atoms with van der Waals surface area (Å²) >= 11 is 0. The number of nitrogens with one attached hydrogen (secondary N) is 1. The average molecular weight is 519 g/mol. The molecule has 3 saturated carbocycles. The van der Waals surface area contributed by atoms with Crippen LogP contribution in [-0.4, -0.2) is 40.0 Å². The van der Waals surface area contributed by atoms with Gasteiger partial charge in [-0.2, -0.15) is 0 Å². The molecule has 0 spiro atoms. The molecule has 0 unspecified atom stereocenters. The SMILES string of the molecule is C#C[C@@]1(O)CC[C@@H]2[C@H]3CCC4=CC(=NOCC(=O)N[C@H](C(=O)O)c5ccccc5)CC[C@]4(C)[C@H]3CC[C@]21C. The Morgan fingerprint density at radius 3 is 2.58 bits per heavy atom. The van der Waals surface area contributed by atoms with Gasteiger partial charge < -0.3 is 20.4 Å². The molecule has 0 saturated heterocycles. The molecule has 4 aliphatic carbocycles. The fourth-order valence-corrected chi connectivity index (χ4v) is 8.21. The average Bonchev–Trinajstić information content (AvgIpc) is 3.18. The fourth-order valence-electron chi connectivity index (χ4n) is 8.21. The van der Waals surface area contributed by atoms with Crippen molar-refractivity contribution in [2.75, 3.05) is 6.61 Å². The minimum Gasteiger partial charge on any atom is -0.479 e. The number of rotatable bonds is 6. The molecule has 202 valence electrons. The van der Waals surface area contributed by atoms with Gasteiger partial charge in [0.15, 0.2) is 12.6 Å². The van der Waals surface area contributed by atoms with E-state index >= 15 is 0 Å². The summed E-state index contributed by atoms with van der Waals surface area (Å²) in [6.07, 6.45) is 15.5. The van der Waals surface area contributed by atoms with Gasteiger partial charge in [-0.05, 0) is 86.2 Å². The topological polar surface area (TPSA) is 108 Å². The summed E-state index contributed by atoms with van der Waals surface area (Å²) in [7, 11) is 0. The van der Waals surface area contributed by atoms with Gasteiger partial charge in [-0.3, -0.25) is 4.79 Å². The molecule has 3 fully saturated rings. The summed E-state index contributed by atoms with van der Waals surface area (Å²) < 4.78 is 0. The fraction of sp³-hybridized carbons (Fsp3) is 0.581. The van der Waals surface area contributed by atoms with E-state index in [2.05, 4.69) is 36.3 Å². The van der Waals surface area contributed by atoms with Crippen molar-refractivity contribution in [1.29, 1.82) is 0 Å². The van der Waals surface area contributed by atoms with E-state index in [0.717, 1.165) is 50.7 Å². The van der Waals surface area contributed by atoms with Gasteiger partial charge in [0.05, 0.1) is 5.71 Å². The first kappa shape index (κ1) is 26.5. The van der Waals surface area contributed by atoms with Gasteiger partial charge in [-0.15, -0.1) is 6.42 Å². The van der Waals surface area contributed by atoms with Crippen molar-refractivity contribution in [3.05, 3.63) is 47.5 Å². The molecule has 4 aliphatic rings. The lowest BCUT2D eigenvalue weighted by Crippen LogP contribution is -2.54. The Morgan fingerprint density at radius 2 is 1.87 bits per heavy atom. The van der Waals surface area contributed by atoms with Crippen molar-refractivity contribution in [3.8, 4) is 12.3 Å². The van der Waals surface area contributed by atoms with Gasteiger partial charge in [-0.25, -0.2) is 4.79 Å². The molecule has 3 N–H and O–H groups in total. The molecule has 0 bridgehead atoms. The molecule has 1 aromatic carbocycles. The number of aliphatic carboxylic acids is 1. The summed E-state index contributed by atoms with van der Waals surface area (Å²) in [6, 6.07) is 7.44. The van der Waals surface area contributed by atoms with Crippen LogP contribution in [0, 0.1) is 40.9 Å². The lowest BCUT2D eigenvalue weighted by atomic mass is 9.46. The van der Waals surface area contributed by atoms with Crippen LogP contribution in [0.4, 0.5) is 0 Å². The zero-order chi connectivity index (χ0) is 27.1. The highest BCUT2D eigenvalue weighted by Gasteiger charge is 2.63. The molecule has 7 heteroatoms. The van der Waals surface area contributed by atoms with Crippen LogP contribution < -0.4 is 5.32 Å². The standard InChI is InChI=1S/C31H38N2O5/c1-4-31(37)17-14-25-23-11-10-21-18-22(12-15-29(21,2)24(23)13-16-30(25,31)3)33-38-19-26(34)32-27(28(35)36)20-8-6-5-7-9-20/h1,5-9,18,23-25,27,37H,10-17,19H2,2-3H3,(H,32,34)(H,35,36)/t23-,24-,25+,27-,29-,30+,31+/m0/s1. The molecule has 0 aliphatic heterocycles. The third-order valence-electron chi connectivity index (χ3n) is 10.4. The second-order valence-corrected chi connectivity index (χ2v) is 12.1. The minimum atomic E-state index is -1.14. The zero-order valence-electron chi connectivity index (χ0n) is 22.3. The van der Waals surface area contributed by atoms with Crippen LogP contribution in [0.2, 0.25) is 0 Å². The van der Waals surface area contributed by atoms with E-state index in [1.54, 1.807) is 30.3 Å². The van der Waals surface area contributed by atoms with Crippen LogP contribution in [0.15, 0.2) is 47.1 Å². The number of aliphatic hydroxyl groups is 1. The number of carboxylic acids is 1. The molecular weight excluding hydrogens is 480 g/mol. The number of nitrogens with zero attached hydrogens (tertiary/aromatic N) is 1. The molecule has 1 aromatic rings. The smallest absolute Gasteiger partial charge is 0.330 e. The highest BCUT2D eigenvalue weighted by molar-refractivity contribution is 5.96. The molecular formula is C31H38N2O5. The third-order valence-corrected chi connectivity index (χ3v) is 10.4. The Hall–Kier alpha value is -3.11. The van der Waals surface area contributed by atoms with E-state index < -0.39 is 23.5 Å². The number of hydrogen-bond acceptors (Lipinski definition) is 5. The molecule has 0 heterocycles. The quantitative estimate of drug-likeness (QED) is 0.376. The maximum atomic E-state index is 12.4. The Bertz CT molecular complexity index is 1200. The molecule has 5 rings (SSSR count). The summed E-state index contributed by atoms with van der Waals surface area (Å²) in [5.41, 5.74) is 1.64. The number of amides is 1. The number of hydrogen-bond donors (Lipinski definition) is 3. The maximum absolute atomic E-state index is 12.4. The number of carboxylic acid groups (broad SMARTS) is 1. The number of carbonyl (C=O) groups excluding carboxylic acids is 1. The van der Waals surface area contributed by atoms with Crippen molar-refractivity contribution < 1.29 is 24.6 Å². The number of benzene rings is 1. The third kappa shape index (κ3) is 4.33. The van der Waals surface area contributed by atoms with Gasteiger partial charge >= 0.3 is 5.97 Å². The predicted molar refractivity (Wildman–Crippen MR) is 144 cm³/mol. The Balaban J connectivity index is 1.22. The lowest BCUT2D eigenvalue weighted by molar-refractivity contribution is -0.142. The van der Waals surface area contributed by atoms with E-state index in [4.69, 9.17) is 11.3 Å². The number of allylic oxidation sites excluding steroid dienone is 2. The molecule has 0 radical (unpaired) electrons. The summed E-state index contributed by atoms with van der Waals surface area (Å²) in [5.74, 6) is 2.69. The van der Waals surface area contributed by atoms with Gasteiger partial charge in [0, 0.05) is 5.41 Å². The van der Waals surface area contributed by atoms with Gasteiger partial charge in [0.1, 0.15) is 5.60 Å². The Kier molecular flexibility index (Phi) is 6.89. The van der Waals surface area contributed by atoms with E-state index in [-0.39, 0.29) is 17.4 Å². The van der Waals surface area contributed by atoms with E-state index in [0.29, 0.717) is 29.7 Å². The van der Waals surface area contributed by atoms with Crippen LogP contribution in [0.25, 0.3) is 0 Å². The van der Waals surface area contributed by atoms with Crippen LogP contribution in [0.1, 0.15) is 76.8 Å². The summed E-state index contributed by atoms with van der Waals surface area (Å²) in [4.78, 5) is 29.4. The highest BCUT2D eigenvalue weighted by atomic mass is 16.6. The Labute approximate surface area is 224 Å². The van der Waals surface area contributed by atoms with E-state index in [1.165, 1.54) is 5.57 Å². The van der Waals surface area contributed by atoms with Crippen LogP contribution in [-0.2, 0) is 14.4 Å².